The summed E-state index contributed by atoms with van der Waals surface area (Å²) in [7, 11) is 0. The zero-order valence-corrected chi connectivity index (χ0v) is 22.2. The van der Waals surface area contributed by atoms with Gasteiger partial charge in [0.25, 0.3) is 11.8 Å². The van der Waals surface area contributed by atoms with E-state index in [4.69, 9.17) is 0 Å². The lowest BCUT2D eigenvalue weighted by Crippen LogP contribution is -2.16. The molecule has 32 heavy (non-hydrogen) atoms. The largest absolute Gasteiger partial charge is 0.322 e. The Morgan fingerprint density at radius 3 is 1.19 bits per heavy atom. The van der Waals surface area contributed by atoms with Crippen molar-refractivity contribution in [3.8, 4) is 0 Å². The third-order valence-corrected chi connectivity index (χ3v) is 7.85. The molecule has 2 amide bonds. The number of halogens is 2. The highest BCUT2D eigenvalue weighted by Crippen LogP contribution is 2.28. The molecule has 3 rings (SSSR count). The summed E-state index contributed by atoms with van der Waals surface area (Å²) in [5.41, 5.74) is 8.95. The molecule has 2 N–H and O–H groups in total. The molecule has 0 aliphatic carbocycles. The zero-order valence-electron chi connectivity index (χ0n) is 19.0. The lowest BCUT2D eigenvalue weighted by molar-refractivity contribution is 0.101. The summed E-state index contributed by atoms with van der Waals surface area (Å²) in [4.78, 5) is 25.6. The van der Waals surface area contributed by atoms with Crippen LogP contribution in [0.1, 0.15) is 54.1 Å². The second-order valence-corrected chi connectivity index (χ2v) is 9.76. The molecule has 0 spiro atoms. The van der Waals surface area contributed by atoms with Gasteiger partial charge in [0.2, 0.25) is 0 Å². The molecule has 6 heteroatoms. The minimum absolute atomic E-state index is 0.168. The van der Waals surface area contributed by atoms with Gasteiger partial charge in [-0.2, -0.15) is 0 Å². The van der Waals surface area contributed by atoms with Crippen molar-refractivity contribution in [2.45, 2.75) is 41.5 Å². The van der Waals surface area contributed by atoms with Gasteiger partial charge in [0.15, 0.2) is 0 Å². The molecular formula is C26H26Br2N2O2. The molecule has 0 saturated heterocycles. The molecule has 0 atom stereocenters. The molecule has 0 saturated carbocycles. The number of amides is 2. The highest BCUT2D eigenvalue weighted by Gasteiger charge is 2.16. The van der Waals surface area contributed by atoms with Gasteiger partial charge in [-0.1, -0.05) is 31.9 Å². The first-order valence-corrected chi connectivity index (χ1v) is 11.8. The minimum Gasteiger partial charge on any atom is -0.322 e. The maximum Gasteiger partial charge on any atom is 0.255 e. The summed E-state index contributed by atoms with van der Waals surface area (Å²) >= 11 is 7.06. The normalized spacial score (nSPS) is 10.8. The Labute approximate surface area is 206 Å². The lowest BCUT2D eigenvalue weighted by Gasteiger charge is -2.15. The third kappa shape index (κ3) is 4.81. The van der Waals surface area contributed by atoms with E-state index in [1.807, 2.05) is 53.7 Å². The van der Waals surface area contributed by atoms with Crippen LogP contribution in [0, 0.1) is 41.5 Å². The van der Waals surface area contributed by atoms with Crippen LogP contribution < -0.4 is 10.6 Å². The Morgan fingerprint density at radius 1 is 0.562 bits per heavy atom. The van der Waals surface area contributed by atoms with E-state index in [1.54, 1.807) is 24.3 Å². The zero-order chi connectivity index (χ0) is 23.7. The molecule has 0 bridgehead atoms. The van der Waals surface area contributed by atoms with Crippen LogP contribution >= 0.6 is 31.9 Å². The molecule has 3 aromatic rings. The first-order chi connectivity index (χ1) is 15.0. The molecule has 166 valence electrons. The third-order valence-electron chi connectivity index (χ3n) is 6.21. The molecule has 3 aromatic carbocycles. The predicted octanol–water partition coefficient (Wildman–Crippen LogP) is 7.57. The van der Waals surface area contributed by atoms with E-state index in [2.05, 4.69) is 42.5 Å². The van der Waals surface area contributed by atoms with Crippen LogP contribution in [0.4, 0.5) is 11.4 Å². The standard InChI is InChI=1S/C26H26Br2N2O2/c1-13-15(3)21(11-23(27)17(13)5)25(31)29-19-7-9-20(10-8-19)30-26(32)22-12-24(28)18(6)14(2)16(22)4/h7-12H,1-6H3,(H,29,31)(H,30,32). The number of benzene rings is 3. The topological polar surface area (TPSA) is 58.2 Å². The predicted molar refractivity (Wildman–Crippen MR) is 139 cm³/mol. The van der Waals surface area contributed by atoms with E-state index in [0.717, 1.165) is 42.3 Å². The SMILES string of the molecule is Cc1c(Br)cc(C(=O)Nc2ccc(NC(=O)c3cc(Br)c(C)c(C)c3C)cc2)c(C)c1C. The number of hydrogen-bond acceptors (Lipinski definition) is 2. The molecule has 0 heterocycles. The molecule has 0 unspecified atom stereocenters. The van der Waals surface area contributed by atoms with Crippen LogP contribution in [0.2, 0.25) is 0 Å². The number of carbonyl (C=O) groups excluding carboxylic acids is 2. The second-order valence-electron chi connectivity index (χ2n) is 8.05. The highest BCUT2D eigenvalue weighted by molar-refractivity contribution is 9.10. The number of hydrogen-bond donors (Lipinski definition) is 2. The van der Waals surface area contributed by atoms with Crippen LogP contribution in [-0.2, 0) is 0 Å². The lowest BCUT2D eigenvalue weighted by atomic mass is 9.98. The average Bonchev–Trinajstić information content (AvgIpc) is 2.76. The molecular weight excluding hydrogens is 532 g/mol. The summed E-state index contributed by atoms with van der Waals surface area (Å²) in [6.07, 6.45) is 0. The number of carbonyl (C=O) groups is 2. The van der Waals surface area contributed by atoms with E-state index >= 15 is 0 Å². The fraction of sp³-hybridized carbons (Fsp3) is 0.231. The van der Waals surface area contributed by atoms with E-state index in [1.165, 1.54) is 0 Å². The average molecular weight is 558 g/mol. The van der Waals surface area contributed by atoms with Crippen molar-refractivity contribution in [1.29, 1.82) is 0 Å². The summed E-state index contributed by atoms with van der Waals surface area (Å²) < 4.78 is 1.83. The van der Waals surface area contributed by atoms with Gasteiger partial charge < -0.3 is 10.6 Å². The van der Waals surface area contributed by atoms with Gasteiger partial charge in [0.05, 0.1) is 0 Å². The van der Waals surface area contributed by atoms with Gasteiger partial charge in [-0.25, -0.2) is 0 Å². The fourth-order valence-electron chi connectivity index (χ4n) is 3.52. The van der Waals surface area contributed by atoms with Gasteiger partial charge in [0, 0.05) is 31.4 Å². The molecule has 0 fully saturated rings. The minimum atomic E-state index is -0.168. The van der Waals surface area contributed by atoms with Gasteiger partial charge in [-0.05, 0) is 111 Å². The van der Waals surface area contributed by atoms with Crippen LogP contribution in [0.3, 0.4) is 0 Å². The van der Waals surface area contributed by atoms with Crippen LogP contribution in [0.25, 0.3) is 0 Å². The van der Waals surface area contributed by atoms with Gasteiger partial charge in [-0.3, -0.25) is 9.59 Å². The van der Waals surface area contributed by atoms with Gasteiger partial charge >= 0.3 is 0 Å². The maximum absolute atomic E-state index is 12.8. The Kier molecular flexibility index (Phi) is 7.25. The Bertz CT molecular complexity index is 1140. The molecule has 0 aliphatic rings. The van der Waals surface area contributed by atoms with Crippen molar-refractivity contribution in [3.05, 3.63) is 89.9 Å². The smallest absolute Gasteiger partial charge is 0.255 e. The van der Waals surface area contributed by atoms with E-state index < -0.39 is 0 Å². The number of anilines is 2. The quantitative estimate of drug-likeness (QED) is 0.347. The summed E-state index contributed by atoms with van der Waals surface area (Å²) in [5.74, 6) is -0.336. The van der Waals surface area contributed by atoms with E-state index in [-0.39, 0.29) is 11.8 Å². The van der Waals surface area contributed by atoms with Crippen LogP contribution in [-0.4, -0.2) is 11.8 Å². The van der Waals surface area contributed by atoms with Gasteiger partial charge in [-0.15, -0.1) is 0 Å². The number of nitrogens with one attached hydrogen (secondary N) is 2. The van der Waals surface area contributed by atoms with Crippen LogP contribution in [0.15, 0.2) is 45.3 Å². The molecule has 0 radical (unpaired) electrons. The number of rotatable bonds is 4. The van der Waals surface area contributed by atoms with E-state index in [9.17, 15) is 9.59 Å². The van der Waals surface area contributed by atoms with Crippen molar-refractivity contribution < 1.29 is 9.59 Å². The van der Waals surface area contributed by atoms with Crippen molar-refractivity contribution in [3.63, 3.8) is 0 Å². The molecule has 4 nitrogen and oxygen atoms in total. The monoisotopic (exact) mass is 556 g/mol. The first kappa shape index (κ1) is 24.2. The highest BCUT2D eigenvalue weighted by atomic mass is 79.9. The summed E-state index contributed by atoms with van der Waals surface area (Å²) in [6, 6.07) is 10.8. The summed E-state index contributed by atoms with van der Waals surface area (Å²) in [6.45, 7) is 12.0. The van der Waals surface area contributed by atoms with Gasteiger partial charge in [0.1, 0.15) is 0 Å². The maximum atomic E-state index is 12.8. The van der Waals surface area contributed by atoms with Crippen molar-refractivity contribution in [2.24, 2.45) is 0 Å². The fourth-order valence-corrected chi connectivity index (χ4v) is 4.57. The van der Waals surface area contributed by atoms with Crippen molar-refractivity contribution in [1.82, 2.24) is 0 Å². The second kappa shape index (κ2) is 9.59. The van der Waals surface area contributed by atoms with Crippen LogP contribution in [0.5, 0.6) is 0 Å². The Hall–Kier alpha value is -2.44. The van der Waals surface area contributed by atoms with E-state index in [0.29, 0.717) is 22.5 Å². The summed E-state index contributed by atoms with van der Waals surface area (Å²) in [5, 5.41) is 5.87. The first-order valence-electron chi connectivity index (χ1n) is 10.3. The van der Waals surface area contributed by atoms with Crippen molar-refractivity contribution in [2.75, 3.05) is 10.6 Å². The van der Waals surface area contributed by atoms with Crippen molar-refractivity contribution >= 4 is 55.0 Å². The molecule has 0 aromatic heterocycles. The molecule has 0 aliphatic heterocycles. The Balaban J connectivity index is 1.75. The Morgan fingerprint density at radius 2 is 0.875 bits per heavy atom.